The number of nitrogens with one attached hydrogen (secondary N) is 3. The Kier molecular flexibility index (Phi) is 9.55. The van der Waals surface area contributed by atoms with E-state index in [2.05, 4.69) is 20.9 Å². The van der Waals surface area contributed by atoms with Crippen molar-refractivity contribution in [1.82, 2.24) is 10.3 Å². The van der Waals surface area contributed by atoms with Crippen LogP contribution in [-0.2, 0) is 9.59 Å². The number of rotatable bonds is 10. The molecular formula is C38H30N4O4S. The van der Waals surface area contributed by atoms with Crippen LogP contribution < -0.4 is 16.0 Å². The summed E-state index contributed by atoms with van der Waals surface area (Å²) in [6.07, 6.45) is 1.66. The number of thioether (sulfide) groups is 1. The molecule has 8 nitrogen and oxygen atoms in total. The number of benzene rings is 5. The zero-order valence-electron chi connectivity index (χ0n) is 25.4. The monoisotopic (exact) mass is 638 g/mol. The summed E-state index contributed by atoms with van der Waals surface area (Å²) >= 11 is 1.38. The van der Waals surface area contributed by atoms with E-state index in [1.807, 2.05) is 97.9 Å². The van der Waals surface area contributed by atoms with Crippen molar-refractivity contribution in [3.05, 3.63) is 150 Å². The van der Waals surface area contributed by atoms with Crippen molar-refractivity contribution in [1.29, 1.82) is 0 Å². The normalized spacial score (nSPS) is 11.2. The van der Waals surface area contributed by atoms with Gasteiger partial charge in [-0.3, -0.25) is 14.4 Å². The number of oxazole rings is 1. The molecule has 6 aromatic rings. The van der Waals surface area contributed by atoms with Gasteiger partial charge in [0.2, 0.25) is 11.8 Å². The van der Waals surface area contributed by atoms with Gasteiger partial charge in [-0.25, -0.2) is 4.98 Å². The van der Waals surface area contributed by atoms with Gasteiger partial charge in [0, 0.05) is 27.4 Å². The summed E-state index contributed by atoms with van der Waals surface area (Å²) in [5.74, 6) is -0.269. The zero-order valence-corrected chi connectivity index (χ0v) is 26.2. The van der Waals surface area contributed by atoms with E-state index in [-0.39, 0.29) is 23.3 Å². The average molecular weight is 639 g/mol. The van der Waals surface area contributed by atoms with Crippen LogP contribution in [0.5, 0.6) is 0 Å². The Morgan fingerprint density at radius 2 is 1.40 bits per heavy atom. The Morgan fingerprint density at radius 3 is 2.15 bits per heavy atom. The van der Waals surface area contributed by atoms with Crippen molar-refractivity contribution in [3.8, 4) is 11.5 Å². The topological polar surface area (TPSA) is 113 Å². The Balaban J connectivity index is 1.04. The summed E-state index contributed by atoms with van der Waals surface area (Å²) in [7, 11) is 0. The number of fused-ring (bicyclic) bond motifs is 1. The van der Waals surface area contributed by atoms with Gasteiger partial charge in [-0.2, -0.15) is 0 Å². The number of para-hydroxylation sites is 2. The van der Waals surface area contributed by atoms with Gasteiger partial charge < -0.3 is 20.4 Å². The van der Waals surface area contributed by atoms with Crippen molar-refractivity contribution in [2.75, 3.05) is 16.4 Å². The van der Waals surface area contributed by atoms with E-state index in [0.29, 0.717) is 22.8 Å². The van der Waals surface area contributed by atoms with Crippen molar-refractivity contribution in [2.45, 2.75) is 11.8 Å². The van der Waals surface area contributed by atoms with Gasteiger partial charge in [0.25, 0.3) is 11.8 Å². The largest absolute Gasteiger partial charge is 0.436 e. The summed E-state index contributed by atoms with van der Waals surface area (Å²) in [5.41, 5.74) is 5.89. The van der Waals surface area contributed by atoms with E-state index in [1.165, 1.54) is 11.8 Å². The summed E-state index contributed by atoms with van der Waals surface area (Å²) in [6.45, 7) is 1.94. The molecule has 0 aliphatic carbocycles. The molecule has 0 atom stereocenters. The number of aromatic nitrogens is 1. The lowest BCUT2D eigenvalue weighted by Crippen LogP contribution is -2.30. The van der Waals surface area contributed by atoms with Gasteiger partial charge >= 0.3 is 0 Å². The average Bonchev–Trinajstić information content (AvgIpc) is 3.54. The third-order valence-electron chi connectivity index (χ3n) is 7.21. The van der Waals surface area contributed by atoms with E-state index < -0.39 is 5.91 Å². The third-order valence-corrected chi connectivity index (χ3v) is 8.22. The van der Waals surface area contributed by atoms with Crippen LogP contribution in [0.4, 0.5) is 11.4 Å². The maximum atomic E-state index is 13.4. The minimum atomic E-state index is -0.459. The number of hydrogen-bond donors (Lipinski definition) is 3. The second kappa shape index (κ2) is 14.4. The Hall–Kier alpha value is -5.93. The van der Waals surface area contributed by atoms with Crippen molar-refractivity contribution in [2.24, 2.45) is 0 Å². The molecule has 3 N–H and O–H groups in total. The zero-order chi connectivity index (χ0) is 32.6. The molecule has 0 unspecified atom stereocenters. The van der Waals surface area contributed by atoms with E-state index in [9.17, 15) is 14.4 Å². The predicted molar refractivity (Wildman–Crippen MR) is 187 cm³/mol. The maximum Gasteiger partial charge on any atom is 0.272 e. The van der Waals surface area contributed by atoms with Gasteiger partial charge in [0.05, 0.1) is 5.75 Å². The molecule has 0 bridgehead atoms. The van der Waals surface area contributed by atoms with Crippen LogP contribution in [0.2, 0.25) is 0 Å². The van der Waals surface area contributed by atoms with Crippen LogP contribution in [0.15, 0.2) is 142 Å². The fourth-order valence-electron chi connectivity index (χ4n) is 4.72. The molecule has 0 saturated heterocycles. The first kappa shape index (κ1) is 31.1. The molecule has 1 heterocycles. The number of amides is 3. The Morgan fingerprint density at radius 1 is 0.745 bits per heavy atom. The number of anilines is 2. The summed E-state index contributed by atoms with van der Waals surface area (Å²) < 4.78 is 5.82. The summed E-state index contributed by atoms with van der Waals surface area (Å²) in [6, 6.07) is 38.4. The maximum absolute atomic E-state index is 13.4. The van der Waals surface area contributed by atoms with Crippen molar-refractivity contribution < 1.29 is 18.8 Å². The minimum Gasteiger partial charge on any atom is -0.436 e. The first-order valence-electron chi connectivity index (χ1n) is 14.8. The second-order valence-corrected chi connectivity index (χ2v) is 11.7. The van der Waals surface area contributed by atoms with E-state index in [4.69, 9.17) is 4.42 Å². The SMILES string of the molecule is Cc1ccccc1/C=C(\NC(=O)c1ccccc1)C(=O)Nc1ccc(SCC(=O)Nc2ccc(-c3nc4ccccc4o3)cc2)cc1. The van der Waals surface area contributed by atoms with Gasteiger partial charge in [0.1, 0.15) is 11.2 Å². The van der Waals surface area contributed by atoms with E-state index in [0.717, 1.165) is 32.7 Å². The van der Waals surface area contributed by atoms with Crippen LogP contribution in [0, 0.1) is 6.92 Å². The molecule has 5 aromatic carbocycles. The Labute approximate surface area is 275 Å². The number of carbonyl (C=O) groups is 3. The lowest BCUT2D eigenvalue weighted by atomic mass is 10.1. The van der Waals surface area contributed by atoms with Crippen LogP contribution in [0.25, 0.3) is 28.6 Å². The van der Waals surface area contributed by atoms with Crippen molar-refractivity contribution >= 4 is 58.0 Å². The highest BCUT2D eigenvalue weighted by Gasteiger charge is 2.16. The van der Waals surface area contributed by atoms with Crippen LogP contribution >= 0.6 is 11.8 Å². The van der Waals surface area contributed by atoms with Crippen LogP contribution in [-0.4, -0.2) is 28.5 Å². The first-order chi connectivity index (χ1) is 22.9. The van der Waals surface area contributed by atoms with Gasteiger partial charge in [-0.15, -0.1) is 11.8 Å². The lowest BCUT2D eigenvalue weighted by molar-refractivity contribution is -0.114. The molecule has 9 heteroatoms. The molecule has 0 radical (unpaired) electrons. The number of aryl methyl sites for hydroxylation is 1. The fourth-order valence-corrected chi connectivity index (χ4v) is 5.42. The molecule has 3 amide bonds. The Bertz CT molecular complexity index is 2040. The molecule has 0 aliphatic rings. The molecule has 1 aromatic heterocycles. The summed E-state index contributed by atoms with van der Waals surface area (Å²) in [4.78, 5) is 44.3. The molecule has 47 heavy (non-hydrogen) atoms. The van der Waals surface area contributed by atoms with Crippen molar-refractivity contribution in [3.63, 3.8) is 0 Å². The highest BCUT2D eigenvalue weighted by atomic mass is 32.2. The molecule has 232 valence electrons. The van der Waals surface area contributed by atoms with E-state index in [1.54, 1.807) is 42.5 Å². The lowest BCUT2D eigenvalue weighted by Gasteiger charge is -2.12. The molecule has 6 rings (SSSR count). The highest BCUT2D eigenvalue weighted by molar-refractivity contribution is 8.00. The summed E-state index contributed by atoms with van der Waals surface area (Å²) in [5, 5.41) is 8.54. The molecular weight excluding hydrogens is 609 g/mol. The van der Waals surface area contributed by atoms with E-state index >= 15 is 0 Å². The molecule has 0 spiro atoms. The minimum absolute atomic E-state index is 0.116. The third kappa shape index (κ3) is 8.02. The van der Waals surface area contributed by atoms with Crippen LogP contribution in [0.1, 0.15) is 21.5 Å². The van der Waals surface area contributed by atoms with Gasteiger partial charge in [0.15, 0.2) is 5.58 Å². The highest BCUT2D eigenvalue weighted by Crippen LogP contribution is 2.26. The molecule has 0 fully saturated rings. The van der Waals surface area contributed by atoms with Crippen LogP contribution in [0.3, 0.4) is 0 Å². The number of carbonyl (C=O) groups excluding carboxylic acids is 3. The smallest absolute Gasteiger partial charge is 0.272 e. The predicted octanol–water partition coefficient (Wildman–Crippen LogP) is 7.94. The first-order valence-corrected chi connectivity index (χ1v) is 15.8. The number of nitrogens with zero attached hydrogens (tertiary/aromatic N) is 1. The molecule has 0 saturated carbocycles. The van der Waals surface area contributed by atoms with Gasteiger partial charge in [-0.05, 0) is 96.9 Å². The quantitative estimate of drug-likeness (QED) is 0.104. The second-order valence-electron chi connectivity index (χ2n) is 10.6. The molecule has 0 aliphatic heterocycles. The fraction of sp³-hybridized carbons (Fsp3) is 0.0526. The standard InChI is InChI=1S/C38H30N4O4S/c1-25-9-5-6-12-28(25)23-33(41-36(44)26-10-3-2-4-11-26)37(45)40-30-19-21-31(22-20-30)47-24-35(43)39-29-17-15-27(16-18-29)38-42-32-13-7-8-14-34(32)46-38/h2-23H,24H2,1H3,(H,39,43)(H,40,45)(H,41,44)/b33-23-. The van der Waals surface area contributed by atoms with Gasteiger partial charge in [-0.1, -0.05) is 54.6 Å². The number of hydrogen-bond acceptors (Lipinski definition) is 6.